The van der Waals surface area contributed by atoms with Crippen LogP contribution in [0.2, 0.25) is 0 Å². The normalized spacial score (nSPS) is 20.1. The second-order valence-corrected chi connectivity index (χ2v) is 5.35. The van der Waals surface area contributed by atoms with Crippen molar-refractivity contribution in [2.45, 2.75) is 23.2 Å². The predicted octanol–water partition coefficient (Wildman–Crippen LogP) is 2.13. The van der Waals surface area contributed by atoms with Crippen LogP contribution in [0.4, 0.5) is 0 Å². The number of fused-ring (bicyclic) bond motifs is 1. The van der Waals surface area contributed by atoms with Gasteiger partial charge in [-0.1, -0.05) is 11.8 Å². The monoisotopic (exact) mass is 237 g/mol. The second kappa shape index (κ2) is 3.57. The van der Waals surface area contributed by atoms with Gasteiger partial charge in [-0.25, -0.2) is 0 Å². The van der Waals surface area contributed by atoms with Crippen LogP contribution in [0.5, 0.6) is 11.5 Å². The van der Waals surface area contributed by atoms with Crippen molar-refractivity contribution in [2.75, 3.05) is 19.6 Å². The number of ether oxygens (including phenoxy) is 2. The molecule has 0 bridgehead atoms. The van der Waals surface area contributed by atoms with Gasteiger partial charge in [-0.2, -0.15) is 0 Å². The molecular formula is C12H15NO2S. The third kappa shape index (κ3) is 1.40. The summed E-state index contributed by atoms with van der Waals surface area (Å²) in [5.74, 6) is 2.65. The Balaban J connectivity index is 2.09. The molecule has 86 valence electrons. The number of thioether (sulfide) groups is 1. The van der Waals surface area contributed by atoms with Crippen molar-refractivity contribution >= 4 is 11.8 Å². The van der Waals surface area contributed by atoms with Crippen LogP contribution in [0.25, 0.3) is 0 Å². The Morgan fingerprint density at radius 3 is 2.94 bits per heavy atom. The maximum atomic E-state index is 5.87. The molecule has 4 heteroatoms. The summed E-state index contributed by atoms with van der Waals surface area (Å²) in [5.41, 5.74) is 7.24. The molecule has 1 aliphatic heterocycles. The Kier molecular flexibility index (Phi) is 2.30. The number of benzene rings is 1. The highest BCUT2D eigenvalue weighted by Crippen LogP contribution is 2.53. The molecular weight excluding hydrogens is 222 g/mol. The molecule has 1 aliphatic carbocycles. The molecule has 1 fully saturated rings. The van der Waals surface area contributed by atoms with Gasteiger partial charge in [-0.05, 0) is 25.0 Å². The minimum Gasteiger partial charge on any atom is -0.496 e. The topological polar surface area (TPSA) is 44.5 Å². The van der Waals surface area contributed by atoms with Gasteiger partial charge in [0.15, 0.2) is 0 Å². The molecule has 0 atom stereocenters. The van der Waals surface area contributed by atoms with Crippen LogP contribution < -0.4 is 15.2 Å². The van der Waals surface area contributed by atoms with E-state index in [-0.39, 0.29) is 5.41 Å². The van der Waals surface area contributed by atoms with E-state index in [9.17, 15) is 0 Å². The molecule has 3 nitrogen and oxygen atoms in total. The van der Waals surface area contributed by atoms with Gasteiger partial charge < -0.3 is 15.2 Å². The maximum absolute atomic E-state index is 5.87. The SMILES string of the molecule is COc1cc2c(cc1C1(CN)CC1)OCS2. The Morgan fingerprint density at radius 2 is 2.31 bits per heavy atom. The summed E-state index contributed by atoms with van der Waals surface area (Å²) in [5, 5.41) is 0. The smallest absolute Gasteiger partial charge is 0.138 e. The first kappa shape index (κ1) is 10.3. The van der Waals surface area contributed by atoms with Crippen LogP contribution >= 0.6 is 11.8 Å². The molecule has 0 spiro atoms. The van der Waals surface area contributed by atoms with Crippen molar-refractivity contribution in [1.82, 2.24) is 0 Å². The molecule has 1 aromatic rings. The highest BCUT2D eigenvalue weighted by Gasteiger charge is 2.45. The van der Waals surface area contributed by atoms with Crippen molar-refractivity contribution < 1.29 is 9.47 Å². The summed E-state index contributed by atoms with van der Waals surface area (Å²) in [6.45, 7) is 0.690. The van der Waals surface area contributed by atoms with Gasteiger partial charge >= 0.3 is 0 Å². The van der Waals surface area contributed by atoms with E-state index >= 15 is 0 Å². The van der Waals surface area contributed by atoms with Gasteiger partial charge in [0.05, 0.1) is 12.0 Å². The zero-order valence-corrected chi connectivity index (χ0v) is 10.1. The van der Waals surface area contributed by atoms with E-state index in [1.54, 1.807) is 18.9 Å². The number of hydrogen-bond donors (Lipinski definition) is 1. The van der Waals surface area contributed by atoms with Crippen LogP contribution in [-0.4, -0.2) is 19.6 Å². The summed E-state index contributed by atoms with van der Waals surface area (Å²) in [6, 6.07) is 4.20. The van der Waals surface area contributed by atoms with E-state index in [0.29, 0.717) is 12.5 Å². The van der Waals surface area contributed by atoms with Crippen molar-refractivity contribution in [1.29, 1.82) is 0 Å². The lowest BCUT2D eigenvalue weighted by Crippen LogP contribution is -2.20. The van der Waals surface area contributed by atoms with E-state index in [2.05, 4.69) is 12.1 Å². The van der Waals surface area contributed by atoms with E-state index in [1.807, 2.05) is 0 Å². The average Bonchev–Trinajstić information content (AvgIpc) is 2.99. The number of nitrogens with two attached hydrogens (primary N) is 1. The van der Waals surface area contributed by atoms with E-state index in [0.717, 1.165) is 24.3 Å². The summed E-state index contributed by atoms with van der Waals surface area (Å²) in [6.07, 6.45) is 2.32. The molecule has 0 saturated heterocycles. The van der Waals surface area contributed by atoms with Crippen molar-refractivity contribution in [3.8, 4) is 11.5 Å². The highest BCUT2D eigenvalue weighted by molar-refractivity contribution is 7.99. The van der Waals surface area contributed by atoms with E-state index < -0.39 is 0 Å². The molecule has 3 rings (SSSR count). The molecule has 0 aromatic heterocycles. The van der Waals surface area contributed by atoms with Crippen molar-refractivity contribution in [2.24, 2.45) is 5.73 Å². The van der Waals surface area contributed by atoms with Crippen LogP contribution in [-0.2, 0) is 5.41 Å². The zero-order valence-electron chi connectivity index (χ0n) is 9.29. The lowest BCUT2D eigenvalue weighted by Gasteiger charge is -2.17. The minimum absolute atomic E-state index is 0.150. The van der Waals surface area contributed by atoms with Gasteiger partial charge in [0.2, 0.25) is 0 Å². The Morgan fingerprint density at radius 1 is 1.50 bits per heavy atom. The van der Waals surface area contributed by atoms with E-state index in [4.69, 9.17) is 15.2 Å². The summed E-state index contributed by atoms with van der Waals surface area (Å²) in [4.78, 5) is 1.17. The summed E-state index contributed by atoms with van der Waals surface area (Å²) >= 11 is 1.71. The lowest BCUT2D eigenvalue weighted by atomic mass is 9.95. The first-order chi connectivity index (χ1) is 7.79. The van der Waals surface area contributed by atoms with Gasteiger partial charge in [0, 0.05) is 17.5 Å². The minimum atomic E-state index is 0.150. The fourth-order valence-corrected chi connectivity index (χ4v) is 3.00. The molecule has 0 unspecified atom stereocenters. The lowest BCUT2D eigenvalue weighted by molar-refractivity contribution is 0.385. The van der Waals surface area contributed by atoms with Crippen molar-refractivity contribution in [3.63, 3.8) is 0 Å². The van der Waals surface area contributed by atoms with Gasteiger partial charge in [0.25, 0.3) is 0 Å². The number of rotatable bonds is 3. The van der Waals surface area contributed by atoms with Crippen LogP contribution in [0, 0.1) is 0 Å². The molecule has 1 aromatic carbocycles. The zero-order chi connectivity index (χ0) is 11.2. The van der Waals surface area contributed by atoms with Crippen LogP contribution in [0.15, 0.2) is 17.0 Å². The molecule has 16 heavy (non-hydrogen) atoms. The Labute approximate surface area is 99.3 Å². The first-order valence-corrected chi connectivity index (χ1v) is 6.46. The molecule has 2 N–H and O–H groups in total. The standard InChI is InChI=1S/C12H15NO2S/c1-14-9-5-11-10(15-7-16-11)4-8(9)12(6-13)2-3-12/h4-5H,2-3,6-7,13H2,1H3. The summed E-state index contributed by atoms with van der Waals surface area (Å²) < 4.78 is 11.0. The fourth-order valence-electron chi connectivity index (χ4n) is 2.24. The average molecular weight is 237 g/mol. The maximum Gasteiger partial charge on any atom is 0.138 e. The quantitative estimate of drug-likeness (QED) is 0.874. The second-order valence-electron chi connectivity index (χ2n) is 4.39. The molecule has 2 aliphatic rings. The third-order valence-electron chi connectivity index (χ3n) is 3.51. The molecule has 0 radical (unpaired) electrons. The molecule has 0 amide bonds. The van der Waals surface area contributed by atoms with Crippen LogP contribution in [0.3, 0.4) is 0 Å². The number of methoxy groups -OCH3 is 1. The Bertz CT molecular complexity index is 429. The predicted molar refractivity (Wildman–Crippen MR) is 64.3 cm³/mol. The first-order valence-electron chi connectivity index (χ1n) is 5.47. The van der Waals surface area contributed by atoms with Gasteiger partial charge in [-0.15, -0.1) is 0 Å². The molecule has 1 saturated carbocycles. The highest BCUT2D eigenvalue weighted by atomic mass is 32.2. The van der Waals surface area contributed by atoms with E-state index in [1.165, 1.54) is 10.5 Å². The van der Waals surface area contributed by atoms with Crippen LogP contribution in [0.1, 0.15) is 18.4 Å². The fraction of sp³-hybridized carbons (Fsp3) is 0.500. The van der Waals surface area contributed by atoms with Crippen molar-refractivity contribution in [3.05, 3.63) is 17.7 Å². The summed E-state index contributed by atoms with van der Waals surface area (Å²) in [7, 11) is 1.72. The van der Waals surface area contributed by atoms with Gasteiger partial charge in [-0.3, -0.25) is 0 Å². The Hall–Kier alpha value is -0.870. The third-order valence-corrected chi connectivity index (χ3v) is 4.38. The number of hydrogen-bond acceptors (Lipinski definition) is 4. The largest absolute Gasteiger partial charge is 0.496 e. The molecule has 1 heterocycles. The van der Waals surface area contributed by atoms with Gasteiger partial charge in [0.1, 0.15) is 17.4 Å².